The van der Waals surface area contributed by atoms with Crippen LogP contribution in [0.3, 0.4) is 0 Å². The molecule has 0 spiro atoms. The van der Waals surface area contributed by atoms with Gasteiger partial charge in [-0.15, -0.1) is 0 Å². The fourth-order valence-electron chi connectivity index (χ4n) is 3.20. The van der Waals surface area contributed by atoms with Gasteiger partial charge in [0.25, 0.3) is 0 Å². The molecule has 2 aliphatic rings. The zero-order chi connectivity index (χ0) is 13.0. The third-order valence-corrected chi connectivity index (χ3v) is 4.38. The zero-order valence-corrected chi connectivity index (χ0v) is 11.8. The van der Waals surface area contributed by atoms with Crippen LogP contribution >= 0.6 is 0 Å². The quantitative estimate of drug-likeness (QED) is 0.809. The molecule has 2 rings (SSSR count). The first-order chi connectivity index (χ1) is 8.72. The fraction of sp³-hybridized carbons (Fsp3) is 0.929. The van der Waals surface area contributed by atoms with Crippen LogP contribution in [0, 0.1) is 5.92 Å². The van der Waals surface area contributed by atoms with Crippen LogP contribution in [0.4, 0.5) is 0 Å². The van der Waals surface area contributed by atoms with E-state index in [-0.39, 0.29) is 6.04 Å². The molecular formula is C14H27N3O. The zero-order valence-electron chi connectivity index (χ0n) is 11.8. The highest BCUT2D eigenvalue weighted by Gasteiger charge is 2.31. The van der Waals surface area contributed by atoms with Gasteiger partial charge < -0.3 is 10.2 Å². The average molecular weight is 253 g/mol. The number of nitrogens with zero attached hydrogens (tertiary/aromatic N) is 2. The second kappa shape index (κ2) is 6.53. The molecule has 0 saturated carbocycles. The molecule has 0 aromatic carbocycles. The number of likely N-dealkylation sites (tertiary alicyclic amines) is 2. The van der Waals surface area contributed by atoms with Crippen molar-refractivity contribution in [2.24, 2.45) is 5.92 Å². The van der Waals surface area contributed by atoms with Gasteiger partial charge in [0.15, 0.2) is 0 Å². The summed E-state index contributed by atoms with van der Waals surface area (Å²) in [6.07, 6.45) is 4.87. The highest BCUT2D eigenvalue weighted by Crippen LogP contribution is 2.20. The van der Waals surface area contributed by atoms with Crippen LogP contribution in [0.25, 0.3) is 0 Å². The molecule has 0 radical (unpaired) electrons. The van der Waals surface area contributed by atoms with Crippen LogP contribution in [0.15, 0.2) is 0 Å². The lowest BCUT2D eigenvalue weighted by molar-refractivity contribution is -0.137. The molecule has 4 nitrogen and oxygen atoms in total. The Bertz CT molecular complexity index is 276. The summed E-state index contributed by atoms with van der Waals surface area (Å²) in [5, 5.41) is 3.24. The average Bonchev–Trinajstić information content (AvgIpc) is 2.87. The first kappa shape index (κ1) is 13.8. The van der Waals surface area contributed by atoms with Gasteiger partial charge in [-0.1, -0.05) is 0 Å². The molecule has 0 bridgehead atoms. The van der Waals surface area contributed by atoms with Crippen molar-refractivity contribution in [2.75, 3.05) is 39.8 Å². The van der Waals surface area contributed by atoms with Gasteiger partial charge in [0.05, 0.1) is 6.04 Å². The van der Waals surface area contributed by atoms with Gasteiger partial charge in [0.1, 0.15) is 0 Å². The summed E-state index contributed by atoms with van der Waals surface area (Å²) in [5.41, 5.74) is 0. The highest BCUT2D eigenvalue weighted by molar-refractivity contribution is 5.81. The molecule has 2 atom stereocenters. The number of nitrogens with one attached hydrogen (secondary N) is 1. The Kier molecular flexibility index (Phi) is 5.01. The van der Waals surface area contributed by atoms with E-state index in [0.29, 0.717) is 11.8 Å². The Balaban J connectivity index is 1.83. The molecule has 18 heavy (non-hydrogen) atoms. The Morgan fingerprint density at radius 1 is 1.28 bits per heavy atom. The third-order valence-electron chi connectivity index (χ3n) is 4.38. The SMILES string of the molecule is CNCC1CCN(C(C)C(=O)N2CCCCC2)C1. The maximum Gasteiger partial charge on any atom is 0.239 e. The molecule has 2 aliphatic heterocycles. The molecule has 1 amide bonds. The summed E-state index contributed by atoms with van der Waals surface area (Å²) in [7, 11) is 2.00. The number of hydrogen-bond donors (Lipinski definition) is 1. The lowest BCUT2D eigenvalue weighted by Crippen LogP contribution is -2.48. The molecule has 0 aromatic rings. The van der Waals surface area contributed by atoms with Crippen LogP contribution in [-0.2, 0) is 4.79 Å². The normalized spacial score (nSPS) is 27.4. The topological polar surface area (TPSA) is 35.6 Å². The molecule has 0 aromatic heterocycles. The Labute approximate surface area is 111 Å². The predicted molar refractivity (Wildman–Crippen MR) is 73.5 cm³/mol. The molecule has 0 aliphatic carbocycles. The van der Waals surface area contributed by atoms with E-state index in [4.69, 9.17) is 0 Å². The van der Waals surface area contributed by atoms with Gasteiger partial charge in [-0.25, -0.2) is 0 Å². The molecular weight excluding hydrogens is 226 g/mol. The van der Waals surface area contributed by atoms with E-state index in [1.54, 1.807) is 0 Å². The summed E-state index contributed by atoms with van der Waals surface area (Å²) < 4.78 is 0. The van der Waals surface area contributed by atoms with Crippen molar-refractivity contribution in [1.82, 2.24) is 15.1 Å². The number of piperidine rings is 1. The van der Waals surface area contributed by atoms with Gasteiger partial charge in [0, 0.05) is 19.6 Å². The molecule has 4 heteroatoms. The van der Waals surface area contributed by atoms with Crippen molar-refractivity contribution in [3.05, 3.63) is 0 Å². The first-order valence-electron chi connectivity index (χ1n) is 7.40. The van der Waals surface area contributed by atoms with Crippen LogP contribution in [0.5, 0.6) is 0 Å². The van der Waals surface area contributed by atoms with Crippen LogP contribution in [0.1, 0.15) is 32.6 Å². The first-order valence-corrected chi connectivity index (χ1v) is 7.40. The van der Waals surface area contributed by atoms with Gasteiger partial charge in [-0.3, -0.25) is 9.69 Å². The number of amides is 1. The minimum atomic E-state index is 0.0740. The largest absolute Gasteiger partial charge is 0.341 e. The third kappa shape index (κ3) is 3.23. The number of hydrogen-bond acceptors (Lipinski definition) is 3. The highest BCUT2D eigenvalue weighted by atomic mass is 16.2. The minimum Gasteiger partial charge on any atom is -0.341 e. The fourth-order valence-corrected chi connectivity index (χ4v) is 3.20. The van der Waals surface area contributed by atoms with Crippen molar-refractivity contribution < 1.29 is 4.79 Å². The molecule has 2 heterocycles. The van der Waals surface area contributed by atoms with E-state index in [1.165, 1.54) is 25.7 Å². The summed E-state index contributed by atoms with van der Waals surface area (Å²) >= 11 is 0. The Morgan fingerprint density at radius 2 is 2.00 bits per heavy atom. The van der Waals surface area contributed by atoms with Gasteiger partial charge in [-0.05, 0) is 58.7 Å². The van der Waals surface area contributed by atoms with Crippen molar-refractivity contribution in [1.29, 1.82) is 0 Å². The van der Waals surface area contributed by atoms with E-state index in [0.717, 1.165) is 32.7 Å². The summed E-state index contributed by atoms with van der Waals surface area (Å²) in [5.74, 6) is 1.06. The van der Waals surface area contributed by atoms with Crippen LogP contribution < -0.4 is 5.32 Å². The Morgan fingerprint density at radius 3 is 2.67 bits per heavy atom. The number of rotatable bonds is 4. The van der Waals surface area contributed by atoms with Gasteiger partial charge in [-0.2, -0.15) is 0 Å². The minimum absolute atomic E-state index is 0.0740. The van der Waals surface area contributed by atoms with Gasteiger partial charge >= 0.3 is 0 Å². The lowest BCUT2D eigenvalue weighted by atomic mass is 10.1. The molecule has 2 unspecified atom stereocenters. The van der Waals surface area contributed by atoms with Crippen molar-refractivity contribution in [2.45, 2.75) is 38.6 Å². The maximum absolute atomic E-state index is 12.4. The summed E-state index contributed by atoms with van der Waals surface area (Å²) in [4.78, 5) is 16.8. The Hall–Kier alpha value is -0.610. The lowest BCUT2D eigenvalue weighted by Gasteiger charge is -2.32. The van der Waals surface area contributed by atoms with Crippen molar-refractivity contribution in [3.8, 4) is 0 Å². The van der Waals surface area contributed by atoms with Crippen LogP contribution in [-0.4, -0.2) is 61.5 Å². The molecule has 2 fully saturated rings. The van der Waals surface area contributed by atoms with Crippen molar-refractivity contribution >= 4 is 5.91 Å². The van der Waals surface area contributed by atoms with Gasteiger partial charge in [0.2, 0.25) is 5.91 Å². The number of carbonyl (C=O) groups excluding carboxylic acids is 1. The number of carbonyl (C=O) groups is 1. The van der Waals surface area contributed by atoms with E-state index in [9.17, 15) is 4.79 Å². The second-order valence-corrected chi connectivity index (χ2v) is 5.77. The molecule has 2 saturated heterocycles. The van der Waals surface area contributed by atoms with Crippen LogP contribution in [0.2, 0.25) is 0 Å². The maximum atomic E-state index is 12.4. The van der Waals surface area contributed by atoms with E-state index >= 15 is 0 Å². The summed E-state index contributed by atoms with van der Waals surface area (Å²) in [6.45, 7) is 7.24. The molecule has 104 valence electrons. The predicted octanol–water partition coefficient (Wildman–Crippen LogP) is 0.929. The molecule has 1 N–H and O–H groups in total. The van der Waals surface area contributed by atoms with Crippen molar-refractivity contribution in [3.63, 3.8) is 0 Å². The monoisotopic (exact) mass is 253 g/mol. The van der Waals surface area contributed by atoms with E-state index < -0.39 is 0 Å². The van der Waals surface area contributed by atoms with E-state index in [1.807, 2.05) is 7.05 Å². The smallest absolute Gasteiger partial charge is 0.239 e. The second-order valence-electron chi connectivity index (χ2n) is 5.77. The standard InChI is InChI=1S/C14H27N3O/c1-12(14(18)16-7-4-3-5-8-16)17-9-6-13(11-17)10-15-2/h12-13,15H,3-11H2,1-2H3. The summed E-state index contributed by atoms with van der Waals surface area (Å²) in [6, 6.07) is 0.0740. The van der Waals surface area contributed by atoms with E-state index in [2.05, 4.69) is 22.0 Å².